The molecule has 0 aliphatic rings. The van der Waals surface area contributed by atoms with Crippen LogP contribution in [0.25, 0.3) is 0 Å². The molecular formula is C15H13BrO3S. The lowest BCUT2D eigenvalue weighted by Crippen LogP contribution is -2.00. The summed E-state index contributed by atoms with van der Waals surface area (Å²) in [4.78, 5) is 12.1. The van der Waals surface area contributed by atoms with Crippen LogP contribution in [0.3, 0.4) is 0 Å². The van der Waals surface area contributed by atoms with E-state index in [-0.39, 0.29) is 5.56 Å². The second-order valence-corrected chi connectivity index (χ2v) is 5.82. The molecule has 20 heavy (non-hydrogen) atoms. The highest BCUT2D eigenvalue weighted by atomic mass is 79.9. The molecule has 0 saturated carbocycles. The van der Waals surface area contributed by atoms with Crippen LogP contribution in [-0.4, -0.2) is 17.3 Å². The summed E-state index contributed by atoms with van der Waals surface area (Å²) in [6.07, 6.45) is 2.03. The molecule has 0 saturated heterocycles. The zero-order chi connectivity index (χ0) is 14.5. The Morgan fingerprint density at radius 3 is 2.55 bits per heavy atom. The Kier molecular flexibility index (Phi) is 5.09. The molecule has 0 atom stereocenters. The van der Waals surface area contributed by atoms with Crippen LogP contribution in [0.5, 0.6) is 5.75 Å². The molecule has 0 fully saturated rings. The average Bonchev–Trinajstić information content (AvgIpc) is 2.46. The molecule has 104 valence electrons. The van der Waals surface area contributed by atoms with E-state index in [9.17, 15) is 4.79 Å². The minimum Gasteiger partial charge on any atom is -0.488 e. The second kappa shape index (κ2) is 6.81. The summed E-state index contributed by atoms with van der Waals surface area (Å²) in [6.45, 7) is 0.399. The van der Waals surface area contributed by atoms with Gasteiger partial charge in [-0.2, -0.15) is 0 Å². The molecule has 3 nitrogen and oxygen atoms in total. The SMILES string of the molecule is CSc1ccc(COc2cc(C(=O)O)ccc2Br)cc1. The number of aromatic carboxylic acids is 1. The zero-order valence-corrected chi connectivity index (χ0v) is 13.2. The van der Waals surface area contributed by atoms with Gasteiger partial charge in [-0.1, -0.05) is 12.1 Å². The molecule has 0 heterocycles. The van der Waals surface area contributed by atoms with Gasteiger partial charge in [0.15, 0.2) is 0 Å². The number of carboxylic acids is 1. The minimum absolute atomic E-state index is 0.209. The Balaban J connectivity index is 2.09. The monoisotopic (exact) mass is 352 g/mol. The van der Waals surface area contributed by atoms with Crippen LogP contribution in [0.1, 0.15) is 15.9 Å². The van der Waals surface area contributed by atoms with Gasteiger partial charge in [0, 0.05) is 4.90 Å². The first-order valence-electron chi connectivity index (χ1n) is 5.88. The van der Waals surface area contributed by atoms with Gasteiger partial charge in [0.2, 0.25) is 0 Å². The van der Waals surface area contributed by atoms with Gasteiger partial charge in [0.25, 0.3) is 0 Å². The summed E-state index contributed by atoms with van der Waals surface area (Å²) in [5.41, 5.74) is 1.25. The maximum Gasteiger partial charge on any atom is 0.335 e. The summed E-state index contributed by atoms with van der Waals surface area (Å²) in [5.74, 6) is -0.439. The fourth-order valence-corrected chi connectivity index (χ4v) is 2.40. The molecule has 0 bridgehead atoms. The number of benzene rings is 2. The summed E-state index contributed by atoms with van der Waals surface area (Å²) < 4.78 is 6.41. The van der Waals surface area contributed by atoms with Crippen LogP contribution in [0, 0.1) is 0 Å². The lowest BCUT2D eigenvalue weighted by molar-refractivity contribution is 0.0696. The number of hydrogen-bond acceptors (Lipinski definition) is 3. The molecule has 0 amide bonds. The smallest absolute Gasteiger partial charge is 0.335 e. The van der Waals surface area contributed by atoms with Crippen molar-refractivity contribution in [2.45, 2.75) is 11.5 Å². The lowest BCUT2D eigenvalue weighted by Gasteiger charge is -2.09. The summed E-state index contributed by atoms with van der Waals surface area (Å²) in [5, 5.41) is 8.97. The molecule has 2 aromatic carbocycles. The number of rotatable bonds is 5. The molecule has 0 aliphatic carbocycles. The first-order chi connectivity index (χ1) is 9.60. The normalized spacial score (nSPS) is 10.3. The molecule has 1 N–H and O–H groups in total. The second-order valence-electron chi connectivity index (χ2n) is 4.09. The molecular weight excluding hydrogens is 340 g/mol. The van der Waals surface area contributed by atoms with Crippen molar-refractivity contribution in [1.29, 1.82) is 0 Å². The van der Waals surface area contributed by atoms with Crippen molar-refractivity contribution in [3.05, 3.63) is 58.1 Å². The van der Waals surface area contributed by atoms with Gasteiger partial charge >= 0.3 is 5.97 Å². The number of ether oxygens (including phenoxy) is 1. The molecule has 0 aromatic heterocycles. The Morgan fingerprint density at radius 2 is 1.95 bits per heavy atom. The fraction of sp³-hybridized carbons (Fsp3) is 0.133. The van der Waals surface area contributed by atoms with Crippen molar-refractivity contribution in [2.24, 2.45) is 0 Å². The van der Waals surface area contributed by atoms with Gasteiger partial charge in [-0.15, -0.1) is 11.8 Å². The standard InChI is InChI=1S/C15H13BrO3S/c1-20-12-5-2-10(3-6-12)9-19-14-8-11(15(17)18)4-7-13(14)16/h2-8H,9H2,1H3,(H,17,18). The molecule has 5 heteroatoms. The van der Waals surface area contributed by atoms with Crippen LogP contribution < -0.4 is 4.74 Å². The Bertz CT molecular complexity index is 611. The van der Waals surface area contributed by atoms with Crippen LogP contribution in [0.15, 0.2) is 51.8 Å². The zero-order valence-electron chi connectivity index (χ0n) is 10.8. The van der Waals surface area contributed by atoms with Crippen molar-refractivity contribution in [1.82, 2.24) is 0 Å². The van der Waals surface area contributed by atoms with Crippen LogP contribution in [-0.2, 0) is 6.61 Å². The van der Waals surface area contributed by atoms with Crippen molar-refractivity contribution >= 4 is 33.7 Å². The van der Waals surface area contributed by atoms with E-state index in [1.807, 2.05) is 30.5 Å². The van der Waals surface area contributed by atoms with E-state index in [1.54, 1.807) is 17.8 Å². The highest BCUT2D eigenvalue weighted by Gasteiger charge is 2.08. The Labute approximate surface area is 130 Å². The number of carboxylic acid groups (broad SMARTS) is 1. The third-order valence-corrected chi connectivity index (χ3v) is 4.13. The predicted molar refractivity (Wildman–Crippen MR) is 83.7 cm³/mol. The molecule has 0 spiro atoms. The molecule has 0 unspecified atom stereocenters. The van der Waals surface area contributed by atoms with Crippen molar-refractivity contribution in [3.63, 3.8) is 0 Å². The Morgan fingerprint density at radius 1 is 1.25 bits per heavy atom. The summed E-state index contributed by atoms with van der Waals surface area (Å²) in [7, 11) is 0. The van der Waals surface area contributed by atoms with Gasteiger partial charge < -0.3 is 9.84 Å². The summed E-state index contributed by atoms with van der Waals surface area (Å²) >= 11 is 5.04. The van der Waals surface area contributed by atoms with Crippen molar-refractivity contribution in [3.8, 4) is 5.75 Å². The fourth-order valence-electron chi connectivity index (χ4n) is 1.63. The highest BCUT2D eigenvalue weighted by Crippen LogP contribution is 2.27. The number of carbonyl (C=O) groups is 1. The molecule has 2 aromatic rings. The third kappa shape index (κ3) is 3.77. The van der Waals surface area contributed by atoms with Crippen molar-refractivity contribution < 1.29 is 14.6 Å². The minimum atomic E-state index is -0.966. The average molecular weight is 353 g/mol. The van der Waals surface area contributed by atoms with Gasteiger partial charge in [0.1, 0.15) is 12.4 Å². The van der Waals surface area contributed by atoms with Crippen molar-refractivity contribution in [2.75, 3.05) is 6.26 Å². The number of thioether (sulfide) groups is 1. The maximum absolute atomic E-state index is 10.9. The van der Waals surface area contributed by atoms with E-state index in [0.717, 1.165) is 10.0 Å². The predicted octanol–water partition coefficient (Wildman–Crippen LogP) is 4.45. The molecule has 0 aliphatic heterocycles. The molecule has 2 rings (SSSR count). The maximum atomic E-state index is 10.9. The third-order valence-electron chi connectivity index (χ3n) is 2.73. The first kappa shape index (κ1) is 14.9. The van der Waals surface area contributed by atoms with E-state index in [1.165, 1.54) is 17.0 Å². The quantitative estimate of drug-likeness (QED) is 0.807. The van der Waals surface area contributed by atoms with Crippen LogP contribution in [0.4, 0.5) is 0 Å². The summed E-state index contributed by atoms with van der Waals surface area (Å²) in [6, 6.07) is 12.8. The lowest BCUT2D eigenvalue weighted by atomic mass is 10.2. The van der Waals surface area contributed by atoms with Gasteiger partial charge in [0.05, 0.1) is 10.0 Å². The largest absolute Gasteiger partial charge is 0.488 e. The van der Waals surface area contributed by atoms with E-state index >= 15 is 0 Å². The highest BCUT2D eigenvalue weighted by molar-refractivity contribution is 9.10. The first-order valence-corrected chi connectivity index (χ1v) is 7.90. The topological polar surface area (TPSA) is 46.5 Å². The molecule has 0 radical (unpaired) electrons. The van der Waals surface area contributed by atoms with E-state index in [0.29, 0.717) is 12.4 Å². The van der Waals surface area contributed by atoms with Crippen LogP contribution >= 0.6 is 27.7 Å². The number of halogens is 1. The van der Waals surface area contributed by atoms with E-state index < -0.39 is 5.97 Å². The van der Waals surface area contributed by atoms with E-state index in [4.69, 9.17) is 9.84 Å². The van der Waals surface area contributed by atoms with Gasteiger partial charge in [-0.05, 0) is 58.1 Å². The van der Waals surface area contributed by atoms with Crippen LogP contribution in [0.2, 0.25) is 0 Å². The van der Waals surface area contributed by atoms with Gasteiger partial charge in [-0.25, -0.2) is 4.79 Å². The van der Waals surface area contributed by atoms with Gasteiger partial charge in [-0.3, -0.25) is 0 Å². The van der Waals surface area contributed by atoms with E-state index in [2.05, 4.69) is 15.9 Å². The Hall–Kier alpha value is -1.46. The number of hydrogen-bond donors (Lipinski definition) is 1.